The van der Waals surface area contributed by atoms with E-state index in [2.05, 4.69) is 10.1 Å². The largest absolute Gasteiger partial charge is 0.573 e. The summed E-state index contributed by atoms with van der Waals surface area (Å²) in [6.45, 7) is 1.05. The Balaban J connectivity index is 2.36. The molecule has 0 unspecified atom stereocenters. The summed E-state index contributed by atoms with van der Waals surface area (Å²) in [5.74, 6) is -0.372. The lowest BCUT2D eigenvalue weighted by Crippen LogP contribution is -2.26. The molecule has 0 aliphatic carbocycles. The number of ether oxygens (including phenoxy) is 1. The standard InChI is InChI=1S/C13H17F3N2O2/c14-13(15,16)20-11-5-2-10(3-6-11)4-7-12(19)18-9-1-8-17/h2-3,5-6H,1,4,7-9,17H2,(H,18,19). The number of hydrogen-bond acceptors (Lipinski definition) is 3. The van der Waals surface area contributed by atoms with Gasteiger partial charge >= 0.3 is 6.36 Å². The van der Waals surface area contributed by atoms with Gasteiger partial charge in [0.2, 0.25) is 5.91 Å². The molecule has 0 aliphatic rings. The topological polar surface area (TPSA) is 64.3 Å². The Morgan fingerprint density at radius 2 is 1.90 bits per heavy atom. The first kappa shape index (κ1) is 16.3. The van der Waals surface area contributed by atoms with Crippen LogP contribution in [0, 0.1) is 0 Å². The minimum absolute atomic E-state index is 0.103. The molecule has 0 saturated carbocycles. The summed E-state index contributed by atoms with van der Waals surface area (Å²) in [7, 11) is 0. The first-order valence-electron chi connectivity index (χ1n) is 6.22. The van der Waals surface area contributed by atoms with Crippen molar-refractivity contribution in [3.8, 4) is 5.75 Å². The molecule has 1 aromatic rings. The van der Waals surface area contributed by atoms with Gasteiger partial charge in [-0.3, -0.25) is 4.79 Å². The zero-order chi connectivity index (χ0) is 15.0. The molecule has 1 rings (SSSR count). The van der Waals surface area contributed by atoms with Gasteiger partial charge in [-0.1, -0.05) is 12.1 Å². The van der Waals surface area contributed by atoms with E-state index < -0.39 is 6.36 Å². The van der Waals surface area contributed by atoms with Crippen LogP contribution in [0.25, 0.3) is 0 Å². The van der Waals surface area contributed by atoms with Gasteiger partial charge in [0.05, 0.1) is 0 Å². The minimum atomic E-state index is -4.69. The molecule has 0 saturated heterocycles. The smallest absolute Gasteiger partial charge is 0.406 e. The van der Waals surface area contributed by atoms with Crippen molar-refractivity contribution in [2.45, 2.75) is 25.6 Å². The Hall–Kier alpha value is -1.76. The van der Waals surface area contributed by atoms with Crippen molar-refractivity contribution in [3.63, 3.8) is 0 Å². The Morgan fingerprint density at radius 1 is 1.25 bits per heavy atom. The molecule has 0 aliphatic heterocycles. The van der Waals surface area contributed by atoms with Crippen LogP contribution in [0.4, 0.5) is 13.2 Å². The summed E-state index contributed by atoms with van der Waals surface area (Å²) in [4.78, 5) is 11.4. The van der Waals surface area contributed by atoms with Gasteiger partial charge in [0.15, 0.2) is 0 Å². The zero-order valence-electron chi connectivity index (χ0n) is 10.9. The second-order valence-electron chi connectivity index (χ2n) is 4.18. The number of carbonyl (C=O) groups excluding carboxylic acids is 1. The highest BCUT2D eigenvalue weighted by atomic mass is 19.4. The van der Waals surface area contributed by atoms with Crippen molar-refractivity contribution in [3.05, 3.63) is 29.8 Å². The molecular weight excluding hydrogens is 273 g/mol. The van der Waals surface area contributed by atoms with Crippen LogP contribution in [0.5, 0.6) is 5.75 Å². The average Bonchev–Trinajstić information content (AvgIpc) is 2.36. The second-order valence-corrected chi connectivity index (χ2v) is 4.18. The SMILES string of the molecule is NCCCNC(=O)CCc1ccc(OC(F)(F)F)cc1. The monoisotopic (exact) mass is 290 g/mol. The molecular formula is C13H17F3N2O2. The predicted molar refractivity (Wildman–Crippen MR) is 68.1 cm³/mol. The number of rotatable bonds is 7. The summed E-state index contributed by atoms with van der Waals surface area (Å²) in [5, 5.41) is 2.70. The summed E-state index contributed by atoms with van der Waals surface area (Å²) in [5.41, 5.74) is 6.07. The fourth-order valence-corrected chi connectivity index (χ4v) is 1.53. The van der Waals surface area contributed by atoms with Crippen molar-refractivity contribution >= 4 is 5.91 Å². The van der Waals surface area contributed by atoms with Crippen molar-refractivity contribution in [2.75, 3.05) is 13.1 Å². The van der Waals surface area contributed by atoms with Gasteiger partial charge in [0.25, 0.3) is 0 Å². The van der Waals surface area contributed by atoms with Crippen molar-refractivity contribution in [1.82, 2.24) is 5.32 Å². The van der Waals surface area contributed by atoms with E-state index in [1.54, 1.807) is 0 Å². The number of hydrogen-bond donors (Lipinski definition) is 2. The molecule has 1 aromatic carbocycles. The summed E-state index contributed by atoms with van der Waals surface area (Å²) < 4.78 is 39.6. The van der Waals surface area contributed by atoms with Crippen molar-refractivity contribution in [2.24, 2.45) is 5.73 Å². The van der Waals surface area contributed by atoms with E-state index in [1.807, 2.05) is 0 Å². The van der Waals surface area contributed by atoms with Crippen LogP contribution >= 0.6 is 0 Å². The highest BCUT2D eigenvalue weighted by Crippen LogP contribution is 2.22. The number of alkyl halides is 3. The van der Waals surface area contributed by atoms with Gasteiger partial charge in [0.1, 0.15) is 5.75 Å². The summed E-state index contributed by atoms with van der Waals surface area (Å²) >= 11 is 0. The quantitative estimate of drug-likeness (QED) is 0.755. The third-order valence-electron chi connectivity index (χ3n) is 2.50. The first-order valence-corrected chi connectivity index (χ1v) is 6.22. The molecule has 0 aromatic heterocycles. The van der Waals surface area contributed by atoms with Gasteiger partial charge in [-0.05, 0) is 37.1 Å². The fraction of sp³-hybridized carbons (Fsp3) is 0.462. The van der Waals surface area contributed by atoms with Gasteiger partial charge in [-0.25, -0.2) is 0 Å². The zero-order valence-corrected chi connectivity index (χ0v) is 10.9. The molecule has 20 heavy (non-hydrogen) atoms. The lowest BCUT2D eigenvalue weighted by atomic mass is 10.1. The number of nitrogens with one attached hydrogen (secondary N) is 1. The van der Waals surface area contributed by atoms with E-state index in [0.29, 0.717) is 19.5 Å². The Bertz CT molecular complexity index is 419. The molecule has 0 radical (unpaired) electrons. The molecule has 0 heterocycles. The molecule has 7 heteroatoms. The predicted octanol–water partition coefficient (Wildman–Crippen LogP) is 1.98. The van der Waals surface area contributed by atoms with E-state index in [9.17, 15) is 18.0 Å². The second kappa shape index (κ2) is 7.74. The van der Waals surface area contributed by atoms with E-state index in [1.165, 1.54) is 24.3 Å². The Kier molecular flexibility index (Phi) is 6.30. The lowest BCUT2D eigenvalue weighted by molar-refractivity contribution is -0.274. The first-order chi connectivity index (χ1) is 9.40. The van der Waals surface area contributed by atoms with Crippen molar-refractivity contribution < 1.29 is 22.7 Å². The average molecular weight is 290 g/mol. The van der Waals surface area contributed by atoms with Gasteiger partial charge in [0, 0.05) is 13.0 Å². The Labute approximate surface area is 115 Å². The third kappa shape index (κ3) is 6.98. The normalized spacial score (nSPS) is 11.2. The van der Waals surface area contributed by atoms with E-state index in [0.717, 1.165) is 12.0 Å². The molecule has 0 bridgehead atoms. The molecule has 112 valence electrons. The van der Waals surface area contributed by atoms with Crippen LogP contribution in [0.2, 0.25) is 0 Å². The summed E-state index contributed by atoms with van der Waals surface area (Å²) in [6.07, 6.45) is -3.23. The van der Waals surface area contributed by atoms with Gasteiger partial charge in [-0.2, -0.15) is 0 Å². The maximum atomic E-state index is 12.0. The maximum absolute atomic E-state index is 12.0. The van der Waals surface area contributed by atoms with Crippen LogP contribution in [0.3, 0.4) is 0 Å². The van der Waals surface area contributed by atoms with Crippen LogP contribution < -0.4 is 15.8 Å². The van der Waals surface area contributed by atoms with Crippen LogP contribution in [-0.2, 0) is 11.2 Å². The maximum Gasteiger partial charge on any atom is 0.573 e. The Morgan fingerprint density at radius 3 is 2.45 bits per heavy atom. The molecule has 0 atom stereocenters. The van der Waals surface area contributed by atoms with Crippen molar-refractivity contribution in [1.29, 1.82) is 0 Å². The van der Waals surface area contributed by atoms with Gasteiger partial charge < -0.3 is 15.8 Å². The molecule has 3 N–H and O–H groups in total. The molecule has 0 fully saturated rings. The molecule has 1 amide bonds. The number of amides is 1. The van der Waals surface area contributed by atoms with Crippen LogP contribution in [0.1, 0.15) is 18.4 Å². The van der Waals surface area contributed by atoms with E-state index in [-0.39, 0.29) is 18.1 Å². The van der Waals surface area contributed by atoms with Crippen LogP contribution in [-0.4, -0.2) is 25.4 Å². The molecule has 0 spiro atoms. The highest BCUT2D eigenvalue weighted by Gasteiger charge is 2.30. The van der Waals surface area contributed by atoms with E-state index >= 15 is 0 Å². The minimum Gasteiger partial charge on any atom is -0.406 e. The number of halogens is 3. The number of aryl methyl sites for hydroxylation is 1. The van der Waals surface area contributed by atoms with Gasteiger partial charge in [-0.15, -0.1) is 13.2 Å². The van der Waals surface area contributed by atoms with Crippen LogP contribution in [0.15, 0.2) is 24.3 Å². The highest BCUT2D eigenvalue weighted by molar-refractivity contribution is 5.76. The fourth-order valence-electron chi connectivity index (χ4n) is 1.53. The number of nitrogens with two attached hydrogens (primary N) is 1. The summed E-state index contributed by atoms with van der Waals surface area (Å²) in [6, 6.07) is 5.48. The third-order valence-corrected chi connectivity index (χ3v) is 2.50. The number of carbonyl (C=O) groups is 1. The lowest BCUT2D eigenvalue weighted by Gasteiger charge is -2.09. The number of benzene rings is 1. The van der Waals surface area contributed by atoms with E-state index in [4.69, 9.17) is 5.73 Å². The molecule has 4 nitrogen and oxygen atoms in total.